The fourth-order valence-electron chi connectivity index (χ4n) is 1.13. The van der Waals surface area contributed by atoms with Gasteiger partial charge in [0, 0.05) is 6.04 Å². The number of hydrogen-bond acceptors (Lipinski definition) is 5. The van der Waals surface area contributed by atoms with Crippen molar-refractivity contribution in [2.45, 2.75) is 19.4 Å². The zero-order valence-corrected chi connectivity index (χ0v) is 8.97. The van der Waals surface area contributed by atoms with Crippen molar-refractivity contribution in [2.75, 3.05) is 5.73 Å². The summed E-state index contributed by atoms with van der Waals surface area (Å²) in [5.74, 6) is 2.98. The molecule has 0 aromatic carbocycles. The third-order valence-electron chi connectivity index (χ3n) is 1.84. The van der Waals surface area contributed by atoms with Crippen LogP contribution in [0.2, 0.25) is 0 Å². The molecule has 16 heavy (non-hydrogen) atoms. The molecule has 2 rings (SSSR count). The molecule has 82 valence electrons. The lowest BCUT2D eigenvalue weighted by atomic mass is 10.2. The molecule has 0 bridgehead atoms. The minimum Gasteiger partial charge on any atom is -0.382 e. The number of aliphatic hydroxyl groups is 1. The van der Waals surface area contributed by atoms with Gasteiger partial charge >= 0.3 is 0 Å². The average molecular weight is 217 g/mol. The number of fused-ring (bicyclic) bond motifs is 1. The van der Waals surface area contributed by atoms with Crippen LogP contribution in [0.5, 0.6) is 0 Å². The highest BCUT2D eigenvalue weighted by molar-refractivity contribution is 5.81. The molecule has 0 saturated heterocycles. The summed E-state index contributed by atoms with van der Waals surface area (Å²) in [7, 11) is 0. The summed E-state index contributed by atoms with van der Waals surface area (Å²) in [5, 5.41) is 9.48. The Labute approximate surface area is 92.1 Å². The van der Waals surface area contributed by atoms with E-state index in [2.05, 4.69) is 26.9 Å². The van der Waals surface area contributed by atoms with Gasteiger partial charge in [-0.1, -0.05) is 0 Å². The number of rotatable bonds is 0. The Kier molecular flexibility index (Phi) is 2.25. The van der Waals surface area contributed by atoms with Gasteiger partial charge < -0.3 is 10.8 Å². The Morgan fingerprint density at radius 3 is 2.81 bits per heavy atom. The molecule has 2 heterocycles. The van der Waals surface area contributed by atoms with E-state index in [0.29, 0.717) is 17.0 Å². The highest BCUT2D eigenvalue weighted by atomic mass is 16.3. The van der Waals surface area contributed by atoms with Gasteiger partial charge in [-0.05, 0) is 19.8 Å². The van der Waals surface area contributed by atoms with Crippen molar-refractivity contribution in [3.05, 3.63) is 12.7 Å². The molecule has 0 aliphatic heterocycles. The molecule has 0 radical (unpaired) electrons. The predicted molar refractivity (Wildman–Crippen MR) is 59.2 cm³/mol. The summed E-state index contributed by atoms with van der Waals surface area (Å²) in [6, 6.07) is 2.74. The minimum absolute atomic E-state index is 0.314. The van der Waals surface area contributed by atoms with Crippen LogP contribution in [0.25, 0.3) is 11.2 Å². The first-order valence-electron chi connectivity index (χ1n) is 4.66. The fourth-order valence-corrected chi connectivity index (χ4v) is 1.13. The maximum atomic E-state index is 9.48. The van der Waals surface area contributed by atoms with Crippen LogP contribution in [0.4, 0.5) is 5.82 Å². The number of nitrogens with two attached hydrogens (primary N) is 1. The van der Waals surface area contributed by atoms with Crippen molar-refractivity contribution >= 4 is 17.0 Å². The fraction of sp³-hybridized carbons (Fsp3) is 0.300. The van der Waals surface area contributed by atoms with Gasteiger partial charge in [0.05, 0.1) is 0 Å². The molecule has 0 amide bonds. The highest BCUT2D eigenvalue weighted by Crippen LogP contribution is 2.12. The van der Waals surface area contributed by atoms with Gasteiger partial charge in [0.15, 0.2) is 17.0 Å². The monoisotopic (exact) mass is 217 g/mol. The lowest BCUT2D eigenvalue weighted by molar-refractivity contribution is 0.143. The molecule has 0 unspecified atom stereocenters. The van der Waals surface area contributed by atoms with E-state index in [4.69, 9.17) is 5.73 Å². The molecule has 2 aromatic heterocycles. The lowest BCUT2D eigenvalue weighted by Gasteiger charge is -2.05. The number of imidazole rings is 1. The van der Waals surface area contributed by atoms with Crippen LogP contribution in [-0.4, -0.2) is 30.2 Å². The molecule has 0 aliphatic rings. The molecule has 3 N–H and O–H groups in total. The molecule has 6 nitrogen and oxygen atoms in total. The second-order valence-corrected chi connectivity index (χ2v) is 3.84. The topological polar surface area (TPSA) is 89.8 Å². The standard InChI is InChI=1S/C10H11N5O/c1-10(2,16)3-4-15-6-14-7-8(11)12-5-13-9(7)15/h5-6,16H,1-2H3,(H2,11,12,13). The van der Waals surface area contributed by atoms with Crippen LogP contribution in [0.3, 0.4) is 0 Å². The first kappa shape index (κ1) is 10.4. The summed E-state index contributed by atoms with van der Waals surface area (Å²) in [6.45, 7) is 3.20. The van der Waals surface area contributed by atoms with Gasteiger partial charge in [-0.2, -0.15) is 0 Å². The van der Waals surface area contributed by atoms with Crippen LogP contribution in [0, 0.1) is 12.0 Å². The molecule has 6 heteroatoms. The van der Waals surface area contributed by atoms with Gasteiger partial charge in [-0.25, -0.2) is 19.5 Å². The molecule has 0 fully saturated rings. The van der Waals surface area contributed by atoms with Crippen molar-refractivity contribution in [1.29, 1.82) is 0 Å². The molecule has 0 aliphatic carbocycles. The van der Waals surface area contributed by atoms with E-state index in [9.17, 15) is 5.11 Å². The average Bonchev–Trinajstić information content (AvgIpc) is 2.58. The minimum atomic E-state index is -1.06. The van der Waals surface area contributed by atoms with Gasteiger partial charge in [-0.15, -0.1) is 0 Å². The summed E-state index contributed by atoms with van der Waals surface area (Å²) in [6.07, 6.45) is 2.84. The Morgan fingerprint density at radius 2 is 2.12 bits per heavy atom. The van der Waals surface area contributed by atoms with Gasteiger partial charge in [0.2, 0.25) is 0 Å². The Morgan fingerprint density at radius 1 is 1.38 bits per heavy atom. The molecule has 0 saturated carbocycles. The molecule has 0 spiro atoms. The number of aromatic nitrogens is 4. The predicted octanol–water partition coefficient (Wildman–Crippen LogP) is -0.0116. The van der Waals surface area contributed by atoms with Crippen molar-refractivity contribution in [2.24, 2.45) is 0 Å². The quantitative estimate of drug-likeness (QED) is 0.606. The third kappa shape index (κ3) is 1.94. The van der Waals surface area contributed by atoms with Crippen molar-refractivity contribution < 1.29 is 5.11 Å². The van der Waals surface area contributed by atoms with Crippen molar-refractivity contribution in [3.8, 4) is 12.0 Å². The van der Waals surface area contributed by atoms with Gasteiger partial charge in [0.1, 0.15) is 18.3 Å². The molecule has 2 aromatic rings. The summed E-state index contributed by atoms with van der Waals surface area (Å²) >= 11 is 0. The summed E-state index contributed by atoms with van der Waals surface area (Å²) in [5.41, 5.74) is 5.61. The Hall–Kier alpha value is -2.13. The highest BCUT2D eigenvalue weighted by Gasteiger charge is 2.08. The first-order valence-corrected chi connectivity index (χ1v) is 4.66. The SMILES string of the molecule is CC(C)(O)C#Cn1cnc2c(N)ncnc21. The van der Waals surface area contributed by atoms with Gasteiger partial charge in [-0.3, -0.25) is 0 Å². The van der Waals surface area contributed by atoms with E-state index < -0.39 is 5.60 Å². The summed E-state index contributed by atoms with van der Waals surface area (Å²) in [4.78, 5) is 11.9. The lowest BCUT2D eigenvalue weighted by Crippen LogP contribution is -2.15. The maximum absolute atomic E-state index is 9.48. The largest absolute Gasteiger partial charge is 0.382 e. The zero-order valence-electron chi connectivity index (χ0n) is 8.97. The van der Waals surface area contributed by atoms with Gasteiger partial charge in [0.25, 0.3) is 0 Å². The third-order valence-corrected chi connectivity index (χ3v) is 1.84. The van der Waals surface area contributed by atoms with E-state index >= 15 is 0 Å². The smallest absolute Gasteiger partial charge is 0.177 e. The van der Waals surface area contributed by atoms with Crippen LogP contribution in [0.15, 0.2) is 12.7 Å². The Balaban J connectivity index is 2.54. The van der Waals surface area contributed by atoms with E-state index in [1.165, 1.54) is 17.2 Å². The van der Waals surface area contributed by atoms with Crippen LogP contribution < -0.4 is 5.73 Å². The number of anilines is 1. The number of nitrogen functional groups attached to an aromatic ring is 1. The Bertz CT molecular complexity index is 585. The van der Waals surface area contributed by atoms with E-state index in [1.807, 2.05) is 0 Å². The van der Waals surface area contributed by atoms with Crippen LogP contribution in [0.1, 0.15) is 13.8 Å². The number of hydrogen-bond donors (Lipinski definition) is 2. The normalized spacial score (nSPS) is 11.2. The number of nitrogens with zero attached hydrogens (tertiary/aromatic N) is 4. The second kappa shape index (κ2) is 3.47. The molecular weight excluding hydrogens is 206 g/mol. The zero-order chi connectivity index (χ0) is 11.8. The van der Waals surface area contributed by atoms with E-state index in [-0.39, 0.29) is 0 Å². The first-order chi connectivity index (χ1) is 7.47. The second-order valence-electron chi connectivity index (χ2n) is 3.84. The summed E-state index contributed by atoms with van der Waals surface area (Å²) < 4.78 is 1.51. The van der Waals surface area contributed by atoms with E-state index in [1.54, 1.807) is 13.8 Å². The van der Waals surface area contributed by atoms with Crippen LogP contribution in [-0.2, 0) is 0 Å². The van der Waals surface area contributed by atoms with E-state index in [0.717, 1.165) is 0 Å². The van der Waals surface area contributed by atoms with Crippen molar-refractivity contribution in [3.63, 3.8) is 0 Å². The maximum Gasteiger partial charge on any atom is 0.177 e. The molecular formula is C10H11N5O. The van der Waals surface area contributed by atoms with Crippen LogP contribution >= 0.6 is 0 Å². The molecule has 0 atom stereocenters. The van der Waals surface area contributed by atoms with Crippen molar-refractivity contribution in [1.82, 2.24) is 19.5 Å².